The number of carbonyl (C=O) groups is 1. The summed E-state index contributed by atoms with van der Waals surface area (Å²) in [4.78, 5) is 13.3. The molecular formula is C43H54ClN5O5Si. The molecule has 0 aliphatic carbocycles. The number of benzene rings is 3. The molecule has 12 heteroatoms. The Labute approximate surface area is 330 Å². The summed E-state index contributed by atoms with van der Waals surface area (Å²) in [6, 6.07) is 17.8. The van der Waals surface area contributed by atoms with Crippen molar-refractivity contribution in [3.8, 4) is 16.9 Å². The number of aryl methyl sites for hydroxylation is 6. The maximum Gasteiger partial charge on any atom is 0.354 e. The summed E-state index contributed by atoms with van der Waals surface area (Å²) in [5.41, 5.74) is 8.60. The lowest BCUT2D eigenvalue weighted by Crippen LogP contribution is -2.41. The number of ether oxygens (including phenoxy) is 2. The number of phenols is 1. The number of hydrogen-bond acceptors (Lipinski definition) is 7. The first-order valence-corrected chi connectivity index (χ1v) is 22.2. The highest BCUT2D eigenvalue weighted by Gasteiger charge is 2.37. The van der Waals surface area contributed by atoms with Crippen LogP contribution < -0.4 is 0 Å². The van der Waals surface area contributed by atoms with Gasteiger partial charge in [0.2, 0.25) is 0 Å². The third kappa shape index (κ3) is 8.12. The Morgan fingerprint density at radius 2 is 1.65 bits per heavy atom. The van der Waals surface area contributed by atoms with Gasteiger partial charge in [-0.1, -0.05) is 68.8 Å². The molecule has 0 saturated heterocycles. The van der Waals surface area contributed by atoms with Crippen LogP contribution in [0.5, 0.6) is 5.75 Å². The summed E-state index contributed by atoms with van der Waals surface area (Å²) in [7, 11) is 5.25. The summed E-state index contributed by atoms with van der Waals surface area (Å²) in [6.45, 7) is 14.4. The van der Waals surface area contributed by atoms with Gasteiger partial charge in [-0.25, -0.2) is 4.79 Å². The van der Waals surface area contributed by atoms with E-state index in [1.54, 1.807) is 0 Å². The monoisotopic (exact) mass is 783 g/mol. The highest BCUT2D eigenvalue weighted by Crippen LogP contribution is 2.42. The Morgan fingerprint density at radius 3 is 2.38 bits per heavy atom. The van der Waals surface area contributed by atoms with E-state index < -0.39 is 14.3 Å². The molecule has 3 aromatic carbocycles. The van der Waals surface area contributed by atoms with Crippen LogP contribution in [0.3, 0.4) is 0 Å². The van der Waals surface area contributed by atoms with E-state index in [9.17, 15) is 9.90 Å². The summed E-state index contributed by atoms with van der Waals surface area (Å²) >= 11 is 7.07. The molecule has 0 atom stereocenters. The summed E-state index contributed by atoms with van der Waals surface area (Å²) < 4.78 is 23.7. The van der Waals surface area contributed by atoms with E-state index in [2.05, 4.69) is 46.0 Å². The van der Waals surface area contributed by atoms with Crippen molar-refractivity contribution in [3.05, 3.63) is 99.2 Å². The fourth-order valence-corrected chi connectivity index (χ4v) is 8.57. The van der Waals surface area contributed by atoms with Crippen molar-refractivity contribution in [1.29, 1.82) is 0 Å². The van der Waals surface area contributed by atoms with Crippen LogP contribution in [0.1, 0.15) is 71.6 Å². The zero-order valence-corrected chi connectivity index (χ0v) is 35.6. The number of rotatable bonds is 14. The van der Waals surface area contributed by atoms with E-state index >= 15 is 0 Å². The Balaban J connectivity index is 1.23. The summed E-state index contributed by atoms with van der Waals surface area (Å²) in [5.74, 6) is -0.0920. The fraction of sp³-hybridized carbons (Fsp3) is 0.419. The van der Waals surface area contributed by atoms with Gasteiger partial charge < -0.3 is 23.6 Å². The molecule has 0 bridgehead atoms. The SMILES string of the molecule is COC(=O)c1c(CCCO[Si](C)(C)C(C)(C)C)c2ccc(Cl)c(-c3c(COCc4cc(CCc5cc(O)c6ccccc6c5)n(C)n4)nn(C)c3C)c2n1C. The van der Waals surface area contributed by atoms with Crippen molar-refractivity contribution in [3.63, 3.8) is 0 Å². The second kappa shape index (κ2) is 16.0. The number of esters is 1. The van der Waals surface area contributed by atoms with Crippen LogP contribution in [-0.4, -0.2) is 57.2 Å². The average Bonchev–Trinajstić information content (AvgIpc) is 3.73. The standard InChI is InChI=1S/C43H54ClN5O5Si/c1-27-38(39-35(44)20-19-34-33(41(42(51)52-8)47(5)40(34)39)16-13-21-54-55(9,10)43(2,3)4)36(46-48(27)6)26-53-25-30-24-31(49(7)45-30)18-17-28-22-29-14-11-12-15-32(29)37(50)23-28/h11-12,14-15,19-20,22-24,50H,13,16-18,21,25-26H2,1-10H3. The first-order valence-electron chi connectivity index (χ1n) is 18.9. The van der Waals surface area contributed by atoms with Gasteiger partial charge in [-0.2, -0.15) is 10.2 Å². The topological polar surface area (TPSA) is 106 Å². The minimum atomic E-state index is -1.91. The van der Waals surface area contributed by atoms with E-state index in [1.807, 2.05) is 84.5 Å². The van der Waals surface area contributed by atoms with E-state index in [0.717, 1.165) is 86.0 Å². The number of nitrogens with zero attached hydrogens (tertiary/aromatic N) is 5. The molecule has 1 N–H and O–H groups in total. The van der Waals surface area contributed by atoms with E-state index in [1.165, 1.54) is 7.11 Å². The maximum absolute atomic E-state index is 13.3. The van der Waals surface area contributed by atoms with Crippen molar-refractivity contribution in [1.82, 2.24) is 24.1 Å². The van der Waals surface area contributed by atoms with E-state index in [4.69, 9.17) is 35.7 Å². The van der Waals surface area contributed by atoms with Crippen molar-refractivity contribution in [2.45, 2.75) is 84.7 Å². The molecule has 0 aliphatic rings. The van der Waals surface area contributed by atoms with E-state index in [-0.39, 0.29) is 11.6 Å². The zero-order chi connectivity index (χ0) is 39.8. The number of carbonyl (C=O) groups excluding carboxylic acids is 1. The second-order valence-electron chi connectivity index (χ2n) is 16.0. The van der Waals surface area contributed by atoms with Crippen LogP contribution in [0.4, 0.5) is 0 Å². The Kier molecular flexibility index (Phi) is 11.7. The molecule has 292 valence electrons. The predicted molar refractivity (Wildman–Crippen MR) is 222 cm³/mol. The smallest absolute Gasteiger partial charge is 0.354 e. The number of aromatic hydroxyl groups is 1. The van der Waals surface area contributed by atoms with Gasteiger partial charge in [-0.15, -0.1) is 0 Å². The van der Waals surface area contributed by atoms with Gasteiger partial charge in [0.1, 0.15) is 11.4 Å². The number of halogens is 1. The average molecular weight is 784 g/mol. The molecule has 55 heavy (non-hydrogen) atoms. The lowest BCUT2D eigenvalue weighted by atomic mass is 9.98. The molecule has 0 saturated carbocycles. The molecule has 3 heterocycles. The fourth-order valence-electron chi connectivity index (χ4n) is 7.24. The highest BCUT2D eigenvalue weighted by molar-refractivity contribution is 6.74. The second-order valence-corrected chi connectivity index (χ2v) is 21.2. The first kappa shape index (κ1) is 40.2. The van der Waals surface area contributed by atoms with Crippen LogP contribution in [0, 0.1) is 6.92 Å². The van der Waals surface area contributed by atoms with Crippen LogP contribution in [0.2, 0.25) is 23.2 Å². The third-order valence-electron chi connectivity index (χ3n) is 11.4. The maximum atomic E-state index is 13.3. The summed E-state index contributed by atoms with van der Waals surface area (Å²) in [5, 5.41) is 23.6. The van der Waals surface area contributed by atoms with Gasteiger partial charge >= 0.3 is 5.97 Å². The molecule has 0 fully saturated rings. The largest absolute Gasteiger partial charge is 0.507 e. The van der Waals surface area contributed by atoms with Gasteiger partial charge in [0.25, 0.3) is 0 Å². The molecule has 0 amide bonds. The van der Waals surface area contributed by atoms with Gasteiger partial charge in [-0.3, -0.25) is 9.36 Å². The third-order valence-corrected chi connectivity index (χ3v) is 16.2. The van der Waals surface area contributed by atoms with Crippen LogP contribution in [0.25, 0.3) is 32.8 Å². The molecule has 0 unspecified atom stereocenters. The molecule has 6 rings (SSSR count). The molecule has 6 aromatic rings. The first-order chi connectivity index (χ1) is 26.0. The van der Waals surface area contributed by atoms with Crippen molar-refractivity contribution in [2.24, 2.45) is 21.1 Å². The zero-order valence-electron chi connectivity index (χ0n) is 33.8. The van der Waals surface area contributed by atoms with Gasteiger partial charge in [0.05, 0.1) is 42.3 Å². The molecule has 3 aromatic heterocycles. The van der Waals surface area contributed by atoms with Crippen LogP contribution in [0.15, 0.2) is 54.6 Å². The number of aromatic nitrogens is 5. The molecule has 10 nitrogen and oxygen atoms in total. The molecule has 0 spiro atoms. The number of hydrogen-bond donors (Lipinski definition) is 1. The Hall–Kier alpha value is -4.42. The number of phenolic OH excluding ortho intramolecular Hbond substituents is 1. The number of methoxy groups -OCH3 is 1. The lowest BCUT2D eigenvalue weighted by molar-refractivity contribution is 0.0589. The summed E-state index contributed by atoms with van der Waals surface area (Å²) in [6.07, 6.45) is 2.95. The van der Waals surface area contributed by atoms with Gasteiger partial charge in [0.15, 0.2) is 8.32 Å². The van der Waals surface area contributed by atoms with Crippen molar-refractivity contribution in [2.75, 3.05) is 13.7 Å². The minimum absolute atomic E-state index is 0.115. The predicted octanol–water partition coefficient (Wildman–Crippen LogP) is 9.38. The lowest BCUT2D eigenvalue weighted by Gasteiger charge is -2.36. The minimum Gasteiger partial charge on any atom is -0.507 e. The molecule has 0 aliphatic heterocycles. The van der Waals surface area contributed by atoms with E-state index in [0.29, 0.717) is 36.1 Å². The molecular weight excluding hydrogens is 730 g/mol. The normalized spacial score (nSPS) is 12.3. The Bertz CT molecular complexity index is 2370. The van der Waals surface area contributed by atoms with Crippen LogP contribution in [-0.2, 0) is 67.5 Å². The van der Waals surface area contributed by atoms with Crippen molar-refractivity contribution < 1.29 is 23.8 Å². The van der Waals surface area contributed by atoms with Gasteiger partial charge in [-0.05, 0) is 85.5 Å². The molecule has 0 radical (unpaired) electrons. The number of fused-ring (bicyclic) bond motifs is 2. The van der Waals surface area contributed by atoms with Crippen LogP contribution >= 0.6 is 11.6 Å². The highest BCUT2D eigenvalue weighted by atomic mass is 35.5. The quantitative estimate of drug-likeness (QED) is 0.0667. The van der Waals surface area contributed by atoms with Gasteiger partial charge in [0, 0.05) is 61.0 Å². The van der Waals surface area contributed by atoms with Crippen molar-refractivity contribution >= 4 is 47.6 Å². The Morgan fingerprint density at radius 1 is 0.909 bits per heavy atom.